The molecule has 0 aliphatic carbocycles. The van der Waals surface area contributed by atoms with Gasteiger partial charge in [0.2, 0.25) is 11.8 Å². The number of nitrogens with one attached hydrogen (secondary N) is 2. The second-order valence-electron chi connectivity index (χ2n) is 11.8. The molecular weight excluding hydrogens is 442 g/mol. The van der Waals surface area contributed by atoms with Crippen molar-refractivity contribution in [3.63, 3.8) is 0 Å². The number of alkyl carbamates (subject to hydrolysis) is 1. The monoisotopic (exact) mass is 489 g/mol. The van der Waals surface area contributed by atoms with Gasteiger partial charge in [0, 0.05) is 11.6 Å². The quantitative estimate of drug-likeness (QED) is 0.478. The summed E-state index contributed by atoms with van der Waals surface area (Å²) < 4.78 is 5.44. The van der Waals surface area contributed by atoms with Gasteiger partial charge in [-0.15, -0.1) is 0 Å². The molecule has 0 saturated heterocycles. The molecule has 0 aliphatic rings. The number of benzene rings is 1. The van der Waals surface area contributed by atoms with Crippen LogP contribution in [0.4, 0.5) is 4.79 Å². The van der Waals surface area contributed by atoms with Crippen LogP contribution in [-0.4, -0.2) is 46.0 Å². The van der Waals surface area contributed by atoms with E-state index in [0.29, 0.717) is 12.8 Å². The Morgan fingerprint density at radius 2 is 1.57 bits per heavy atom. The first-order valence-electron chi connectivity index (χ1n) is 12.7. The number of carbonyl (C=O) groups excluding carboxylic acids is 3. The summed E-state index contributed by atoms with van der Waals surface area (Å²) in [5, 5.41) is 5.85. The van der Waals surface area contributed by atoms with Crippen LogP contribution in [-0.2, 0) is 14.3 Å². The van der Waals surface area contributed by atoms with E-state index in [4.69, 9.17) is 4.74 Å². The number of aryl methyl sites for hydroxylation is 1. The summed E-state index contributed by atoms with van der Waals surface area (Å²) in [6.45, 7) is 20.9. The smallest absolute Gasteiger partial charge is 0.408 e. The van der Waals surface area contributed by atoms with Gasteiger partial charge in [-0.3, -0.25) is 9.59 Å². The highest BCUT2D eigenvalue weighted by atomic mass is 16.6. The van der Waals surface area contributed by atoms with E-state index in [2.05, 4.69) is 10.6 Å². The molecule has 1 aromatic carbocycles. The molecule has 0 fully saturated rings. The third-order valence-corrected chi connectivity index (χ3v) is 5.52. The van der Waals surface area contributed by atoms with Gasteiger partial charge in [0.15, 0.2) is 0 Å². The summed E-state index contributed by atoms with van der Waals surface area (Å²) in [4.78, 5) is 42.2. The molecule has 35 heavy (non-hydrogen) atoms. The zero-order chi connectivity index (χ0) is 27.1. The van der Waals surface area contributed by atoms with Crippen molar-refractivity contribution in [1.82, 2.24) is 15.5 Å². The lowest BCUT2D eigenvalue weighted by Crippen LogP contribution is -2.57. The van der Waals surface area contributed by atoms with Crippen LogP contribution in [0.2, 0.25) is 0 Å². The molecule has 0 aromatic heterocycles. The first-order valence-corrected chi connectivity index (χ1v) is 12.7. The summed E-state index contributed by atoms with van der Waals surface area (Å²) in [7, 11) is 0. The van der Waals surface area contributed by atoms with Crippen LogP contribution < -0.4 is 10.6 Å². The van der Waals surface area contributed by atoms with Gasteiger partial charge < -0.3 is 20.3 Å². The maximum atomic E-state index is 14.2. The first-order chi connectivity index (χ1) is 16.0. The van der Waals surface area contributed by atoms with Crippen LogP contribution in [0.3, 0.4) is 0 Å². The number of carbonyl (C=O) groups is 3. The Morgan fingerprint density at radius 3 is 2.03 bits per heavy atom. The van der Waals surface area contributed by atoms with Crippen molar-refractivity contribution in [2.45, 2.75) is 118 Å². The number of ether oxygens (including phenoxy) is 1. The topological polar surface area (TPSA) is 87.7 Å². The minimum Gasteiger partial charge on any atom is -0.444 e. The molecule has 7 nitrogen and oxygen atoms in total. The maximum absolute atomic E-state index is 14.2. The average Bonchev–Trinajstić information content (AvgIpc) is 2.68. The Morgan fingerprint density at radius 1 is 1.00 bits per heavy atom. The van der Waals surface area contributed by atoms with Crippen molar-refractivity contribution in [2.75, 3.05) is 0 Å². The minimum atomic E-state index is -0.840. The first kappa shape index (κ1) is 30.5. The van der Waals surface area contributed by atoms with Crippen LogP contribution in [0, 0.1) is 12.8 Å². The highest BCUT2D eigenvalue weighted by Gasteiger charge is 2.40. The highest BCUT2D eigenvalue weighted by molar-refractivity contribution is 5.92. The van der Waals surface area contributed by atoms with Crippen molar-refractivity contribution in [3.05, 3.63) is 35.4 Å². The van der Waals surface area contributed by atoms with Gasteiger partial charge in [0.05, 0.1) is 0 Å². The van der Waals surface area contributed by atoms with Crippen LogP contribution in [0.1, 0.15) is 99.2 Å². The molecule has 0 bridgehead atoms. The number of hydrogen-bond acceptors (Lipinski definition) is 4. The molecule has 0 spiro atoms. The molecule has 3 amide bonds. The third-order valence-electron chi connectivity index (χ3n) is 5.52. The van der Waals surface area contributed by atoms with E-state index in [1.54, 1.807) is 25.7 Å². The van der Waals surface area contributed by atoms with Crippen molar-refractivity contribution >= 4 is 17.9 Å². The summed E-state index contributed by atoms with van der Waals surface area (Å²) in [5.74, 6) is -0.407. The fourth-order valence-electron chi connectivity index (χ4n) is 3.87. The molecule has 1 rings (SSSR count). The van der Waals surface area contributed by atoms with E-state index < -0.39 is 29.3 Å². The predicted octanol–water partition coefficient (Wildman–Crippen LogP) is 5.52. The molecule has 3 unspecified atom stereocenters. The summed E-state index contributed by atoms with van der Waals surface area (Å²) in [6, 6.07) is 5.72. The van der Waals surface area contributed by atoms with E-state index >= 15 is 0 Å². The lowest BCUT2D eigenvalue weighted by Gasteiger charge is -2.40. The van der Waals surface area contributed by atoms with E-state index in [0.717, 1.165) is 11.1 Å². The molecular formula is C28H47N3O4. The van der Waals surface area contributed by atoms with Crippen molar-refractivity contribution in [3.8, 4) is 0 Å². The largest absolute Gasteiger partial charge is 0.444 e. The second-order valence-corrected chi connectivity index (χ2v) is 11.8. The molecule has 0 radical (unpaired) electrons. The normalized spacial score (nSPS) is 14.6. The molecule has 0 saturated carbocycles. The average molecular weight is 490 g/mol. The second kappa shape index (κ2) is 12.4. The van der Waals surface area contributed by atoms with E-state index in [9.17, 15) is 14.4 Å². The fraction of sp³-hybridized carbons (Fsp3) is 0.679. The number of rotatable bonds is 9. The molecule has 198 valence electrons. The molecule has 0 heterocycles. The highest BCUT2D eigenvalue weighted by Crippen LogP contribution is 2.29. The van der Waals surface area contributed by atoms with Crippen LogP contribution in [0.25, 0.3) is 0 Å². The summed E-state index contributed by atoms with van der Waals surface area (Å²) in [5.41, 5.74) is 0.517. The molecule has 3 atom stereocenters. The van der Waals surface area contributed by atoms with E-state index in [1.807, 2.05) is 79.7 Å². The Kier molecular flexibility index (Phi) is 10.8. The van der Waals surface area contributed by atoms with E-state index in [-0.39, 0.29) is 23.8 Å². The van der Waals surface area contributed by atoms with Gasteiger partial charge in [-0.1, -0.05) is 45.0 Å². The lowest BCUT2D eigenvalue weighted by atomic mass is 9.94. The van der Waals surface area contributed by atoms with Gasteiger partial charge in [-0.2, -0.15) is 0 Å². The molecule has 1 aromatic rings. The Labute approximate surface area is 212 Å². The standard InChI is InChI=1S/C28H47N3O4/c1-12-20(5)31(25(33)22(17-18(2)3)29-26(34)35-28(9,10)11)23(24(32)30-27(6,7)8)21-16-14-13-15-19(21)4/h13-16,18,20,22-23H,12,17H2,1-11H3,(H,29,34)(H,30,32). The maximum Gasteiger partial charge on any atom is 0.408 e. The molecule has 0 aliphatic heterocycles. The summed E-state index contributed by atoms with van der Waals surface area (Å²) in [6.07, 6.45) is 0.427. The third kappa shape index (κ3) is 9.90. The Bertz CT molecular complexity index is 868. The molecule has 7 heteroatoms. The van der Waals surface area contributed by atoms with Crippen LogP contribution in [0.5, 0.6) is 0 Å². The predicted molar refractivity (Wildman–Crippen MR) is 141 cm³/mol. The van der Waals surface area contributed by atoms with Crippen molar-refractivity contribution in [2.24, 2.45) is 5.92 Å². The van der Waals surface area contributed by atoms with Gasteiger partial charge in [0.25, 0.3) is 0 Å². The zero-order valence-electron chi connectivity index (χ0n) is 23.6. The van der Waals surface area contributed by atoms with Crippen LogP contribution >= 0.6 is 0 Å². The number of amides is 3. The van der Waals surface area contributed by atoms with Gasteiger partial charge in [-0.05, 0) is 85.3 Å². The molecule has 2 N–H and O–H groups in total. The van der Waals surface area contributed by atoms with Gasteiger partial charge in [-0.25, -0.2) is 4.79 Å². The Balaban J connectivity index is 3.58. The zero-order valence-corrected chi connectivity index (χ0v) is 23.6. The lowest BCUT2D eigenvalue weighted by molar-refractivity contribution is -0.146. The number of hydrogen-bond donors (Lipinski definition) is 2. The minimum absolute atomic E-state index is 0.137. The SMILES string of the molecule is CCC(C)N(C(=O)C(CC(C)C)NC(=O)OC(C)(C)C)C(C(=O)NC(C)(C)C)c1ccccc1C. The van der Waals surface area contributed by atoms with Gasteiger partial charge >= 0.3 is 6.09 Å². The van der Waals surface area contributed by atoms with Crippen LogP contribution in [0.15, 0.2) is 24.3 Å². The number of nitrogens with zero attached hydrogens (tertiary/aromatic N) is 1. The summed E-state index contributed by atoms with van der Waals surface area (Å²) >= 11 is 0. The van der Waals surface area contributed by atoms with Crippen molar-refractivity contribution < 1.29 is 19.1 Å². The van der Waals surface area contributed by atoms with E-state index in [1.165, 1.54) is 0 Å². The fourth-order valence-corrected chi connectivity index (χ4v) is 3.87. The van der Waals surface area contributed by atoms with Crippen molar-refractivity contribution in [1.29, 1.82) is 0 Å². The Hall–Kier alpha value is -2.57. The van der Waals surface area contributed by atoms with Gasteiger partial charge in [0.1, 0.15) is 17.7 Å².